The number of allylic oxidation sites excluding steroid dienone is 1. The fourth-order valence-electron chi connectivity index (χ4n) is 1.07. The van der Waals surface area contributed by atoms with Gasteiger partial charge in [-0.2, -0.15) is 0 Å². The van der Waals surface area contributed by atoms with Gasteiger partial charge in [-0.05, 0) is 17.7 Å². The Balaban J connectivity index is 3.21. The number of aldehydes is 2. The van der Waals surface area contributed by atoms with Crippen molar-refractivity contribution in [3.63, 3.8) is 0 Å². The van der Waals surface area contributed by atoms with E-state index in [2.05, 4.69) is 0 Å². The van der Waals surface area contributed by atoms with Gasteiger partial charge in [0.05, 0.1) is 10.5 Å². The van der Waals surface area contributed by atoms with Crippen LogP contribution in [-0.2, 0) is 4.79 Å². The van der Waals surface area contributed by atoms with Crippen molar-refractivity contribution < 1.29 is 14.5 Å². The molecule has 0 saturated carbocycles. The Kier molecular flexibility index (Phi) is 3.45. The Morgan fingerprint density at radius 1 is 1.27 bits per heavy atom. The molecule has 0 aromatic heterocycles. The molecule has 0 bridgehead atoms. The second kappa shape index (κ2) is 4.80. The van der Waals surface area contributed by atoms with Crippen molar-refractivity contribution >= 4 is 24.3 Å². The normalized spacial score (nSPS) is 10.1. The van der Waals surface area contributed by atoms with Gasteiger partial charge in [0, 0.05) is 6.07 Å². The molecule has 1 aromatic carbocycles. The summed E-state index contributed by atoms with van der Waals surface area (Å²) in [5, 5.41) is 10.6. The van der Waals surface area contributed by atoms with Crippen LogP contribution in [0.4, 0.5) is 5.69 Å². The molecule has 0 saturated heterocycles. The van der Waals surface area contributed by atoms with Gasteiger partial charge in [-0.15, -0.1) is 0 Å². The van der Waals surface area contributed by atoms with E-state index in [4.69, 9.17) is 0 Å². The molecule has 0 unspecified atom stereocenters. The second-order valence-electron chi connectivity index (χ2n) is 2.69. The van der Waals surface area contributed by atoms with E-state index < -0.39 is 4.92 Å². The summed E-state index contributed by atoms with van der Waals surface area (Å²) in [6.07, 6.45) is 3.64. The molecule has 1 rings (SSSR count). The monoisotopic (exact) mass is 205 g/mol. The highest BCUT2D eigenvalue weighted by atomic mass is 16.6. The first-order valence-corrected chi connectivity index (χ1v) is 4.04. The predicted octanol–water partition coefficient (Wildman–Crippen LogP) is 1.62. The zero-order valence-corrected chi connectivity index (χ0v) is 7.62. The Morgan fingerprint density at radius 2 is 2.00 bits per heavy atom. The van der Waals surface area contributed by atoms with Crippen molar-refractivity contribution in [2.75, 3.05) is 0 Å². The van der Waals surface area contributed by atoms with Crippen LogP contribution in [0.25, 0.3) is 6.08 Å². The van der Waals surface area contributed by atoms with Crippen molar-refractivity contribution in [1.82, 2.24) is 0 Å². The molecule has 0 heterocycles. The first-order valence-electron chi connectivity index (χ1n) is 4.04. The minimum absolute atomic E-state index is 0.0169. The summed E-state index contributed by atoms with van der Waals surface area (Å²) in [6, 6.07) is 4.11. The van der Waals surface area contributed by atoms with Gasteiger partial charge in [0.2, 0.25) is 0 Å². The van der Waals surface area contributed by atoms with Gasteiger partial charge < -0.3 is 0 Å². The number of carbonyl (C=O) groups is 2. The van der Waals surface area contributed by atoms with Crippen molar-refractivity contribution in [2.24, 2.45) is 0 Å². The van der Waals surface area contributed by atoms with Crippen molar-refractivity contribution in [2.45, 2.75) is 0 Å². The van der Waals surface area contributed by atoms with E-state index in [-0.39, 0.29) is 11.3 Å². The van der Waals surface area contributed by atoms with Crippen LogP contribution in [0.3, 0.4) is 0 Å². The number of hydrogen-bond acceptors (Lipinski definition) is 4. The largest absolute Gasteiger partial charge is 0.299 e. The lowest BCUT2D eigenvalue weighted by molar-refractivity contribution is -0.385. The molecule has 0 aliphatic heterocycles. The third kappa shape index (κ3) is 2.57. The summed E-state index contributed by atoms with van der Waals surface area (Å²) in [6.45, 7) is 0. The van der Waals surface area contributed by atoms with Gasteiger partial charge >= 0.3 is 0 Å². The van der Waals surface area contributed by atoms with E-state index in [1.54, 1.807) is 0 Å². The molecule has 0 radical (unpaired) electrons. The molecule has 0 amide bonds. The average molecular weight is 205 g/mol. The minimum atomic E-state index is -0.637. The van der Waals surface area contributed by atoms with E-state index in [0.29, 0.717) is 18.1 Å². The van der Waals surface area contributed by atoms with Crippen LogP contribution in [0, 0.1) is 10.1 Å². The Bertz CT molecular complexity index is 437. The van der Waals surface area contributed by atoms with Crippen LogP contribution < -0.4 is 0 Å². The fraction of sp³-hybridized carbons (Fsp3) is 0. The van der Waals surface area contributed by atoms with Crippen LogP contribution in [0.15, 0.2) is 24.3 Å². The number of nitrogens with zero attached hydrogens (tertiary/aromatic N) is 1. The van der Waals surface area contributed by atoms with Crippen LogP contribution in [0.5, 0.6) is 0 Å². The third-order valence-electron chi connectivity index (χ3n) is 1.75. The summed E-state index contributed by atoms with van der Waals surface area (Å²) in [5.41, 5.74) is 0.251. The van der Waals surface area contributed by atoms with Crippen LogP contribution in [0.2, 0.25) is 0 Å². The van der Waals surface area contributed by atoms with Crippen LogP contribution >= 0.6 is 0 Å². The molecule has 5 nitrogen and oxygen atoms in total. The molecule has 1 aromatic rings. The molecule has 0 atom stereocenters. The molecule has 0 fully saturated rings. The van der Waals surface area contributed by atoms with Crippen molar-refractivity contribution in [3.05, 3.63) is 45.5 Å². The van der Waals surface area contributed by atoms with Crippen LogP contribution in [-0.4, -0.2) is 17.5 Å². The topological polar surface area (TPSA) is 77.3 Å². The van der Waals surface area contributed by atoms with E-state index >= 15 is 0 Å². The van der Waals surface area contributed by atoms with Crippen LogP contribution in [0.1, 0.15) is 15.9 Å². The summed E-state index contributed by atoms with van der Waals surface area (Å²) >= 11 is 0. The van der Waals surface area contributed by atoms with Gasteiger partial charge in [0.15, 0.2) is 6.29 Å². The highest BCUT2D eigenvalue weighted by Gasteiger charge is 2.12. The molecule has 76 valence electrons. The lowest BCUT2D eigenvalue weighted by Gasteiger charge is -1.97. The lowest BCUT2D eigenvalue weighted by atomic mass is 10.1. The van der Waals surface area contributed by atoms with E-state index in [1.165, 1.54) is 30.4 Å². The summed E-state index contributed by atoms with van der Waals surface area (Å²) in [7, 11) is 0. The average Bonchev–Trinajstić information content (AvgIpc) is 2.25. The Morgan fingerprint density at radius 3 is 2.53 bits per heavy atom. The zero-order chi connectivity index (χ0) is 11.3. The SMILES string of the molecule is O=CC=Cc1ccc(C=O)c([N+](=O)[O-])c1. The summed E-state index contributed by atoms with van der Waals surface area (Å²) in [5.74, 6) is 0. The number of nitro groups is 1. The van der Waals surface area contributed by atoms with E-state index in [1.807, 2.05) is 0 Å². The third-order valence-corrected chi connectivity index (χ3v) is 1.75. The highest BCUT2D eigenvalue weighted by molar-refractivity contribution is 5.83. The van der Waals surface area contributed by atoms with Crippen molar-refractivity contribution in [1.29, 1.82) is 0 Å². The van der Waals surface area contributed by atoms with Gasteiger partial charge in [-0.25, -0.2) is 0 Å². The number of benzene rings is 1. The maximum Gasteiger partial charge on any atom is 0.280 e. The zero-order valence-electron chi connectivity index (χ0n) is 7.62. The van der Waals surface area contributed by atoms with Crippen molar-refractivity contribution in [3.8, 4) is 0 Å². The summed E-state index contributed by atoms with van der Waals surface area (Å²) in [4.78, 5) is 30.4. The molecular weight excluding hydrogens is 198 g/mol. The fourth-order valence-corrected chi connectivity index (χ4v) is 1.07. The number of hydrogen-bond donors (Lipinski definition) is 0. The minimum Gasteiger partial charge on any atom is -0.299 e. The lowest BCUT2D eigenvalue weighted by Crippen LogP contribution is -1.94. The molecule has 0 aliphatic rings. The van der Waals surface area contributed by atoms with E-state index in [9.17, 15) is 19.7 Å². The number of rotatable bonds is 4. The molecule has 0 aliphatic carbocycles. The maximum atomic E-state index is 10.6. The predicted molar refractivity (Wildman–Crippen MR) is 53.6 cm³/mol. The van der Waals surface area contributed by atoms with E-state index in [0.717, 1.165) is 0 Å². The Labute approximate surface area is 85.2 Å². The van der Waals surface area contributed by atoms with Gasteiger partial charge in [0.1, 0.15) is 6.29 Å². The molecular formula is C10H7NO4. The second-order valence-corrected chi connectivity index (χ2v) is 2.69. The first-order chi connectivity index (χ1) is 7.19. The first kappa shape index (κ1) is 10.8. The maximum absolute atomic E-state index is 10.6. The molecule has 0 spiro atoms. The number of carbonyl (C=O) groups excluding carboxylic acids is 2. The summed E-state index contributed by atoms with van der Waals surface area (Å²) < 4.78 is 0. The molecule has 0 N–H and O–H groups in total. The Hall–Kier alpha value is -2.30. The number of nitro benzene ring substituents is 1. The molecule has 5 heteroatoms. The molecule has 15 heavy (non-hydrogen) atoms. The standard InChI is InChI=1S/C10H7NO4/c12-5-1-2-8-3-4-9(7-13)10(6-8)11(14)15/h1-7H. The van der Waals surface area contributed by atoms with Gasteiger partial charge in [-0.1, -0.05) is 12.1 Å². The van der Waals surface area contributed by atoms with Gasteiger partial charge in [-0.3, -0.25) is 19.7 Å². The quantitative estimate of drug-likeness (QED) is 0.324. The van der Waals surface area contributed by atoms with Gasteiger partial charge in [0.25, 0.3) is 5.69 Å². The smallest absolute Gasteiger partial charge is 0.280 e. The highest BCUT2D eigenvalue weighted by Crippen LogP contribution is 2.19.